The van der Waals surface area contributed by atoms with Gasteiger partial charge >= 0.3 is 5.97 Å². The van der Waals surface area contributed by atoms with E-state index in [-0.39, 0.29) is 10.6 Å². The van der Waals surface area contributed by atoms with Crippen LogP contribution in [0.1, 0.15) is 15.9 Å². The molecule has 0 bridgehead atoms. The Bertz CT molecular complexity index is 338. The largest absolute Gasteiger partial charge is 0.493 e. The number of carboxylic acid groups (broad SMARTS) is 1. The van der Waals surface area contributed by atoms with Gasteiger partial charge in [0, 0.05) is 6.20 Å². The highest BCUT2D eigenvalue weighted by Gasteiger charge is 2.15. The van der Waals surface area contributed by atoms with E-state index in [1.54, 1.807) is 0 Å². The van der Waals surface area contributed by atoms with E-state index < -0.39 is 11.8 Å². The fraction of sp³-hybridized carbons (Fsp3) is 0.143. The summed E-state index contributed by atoms with van der Waals surface area (Å²) < 4.78 is 0. The number of carbonyl (C=O) groups is 1. The number of nitrogens with zero attached hydrogens (tertiary/aromatic N) is 1. The van der Waals surface area contributed by atoms with Gasteiger partial charge in [0.2, 0.25) is 5.88 Å². The summed E-state index contributed by atoms with van der Waals surface area (Å²) in [4.78, 5) is 13.9. The number of halogens is 1. The number of hydrogen-bond donors (Lipinski definition) is 2. The molecular formula is C7H6ClNO3. The van der Waals surface area contributed by atoms with Gasteiger partial charge in [-0.05, 0) is 12.5 Å². The molecule has 2 N–H and O–H groups in total. The second-order valence-corrected chi connectivity index (χ2v) is 2.64. The summed E-state index contributed by atoms with van der Waals surface area (Å²) in [6, 6.07) is 0. The monoisotopic (exact) mass is 187 g/mol. The molecule has 1 rings (SSSR count). The Morgan fingerprint density at radius 3 is 2.67 bits per heavy atom. The third-order valence-electron chi connectivity index (χ3n) is 1.47. The number of hydrogen-bond acceptors (Lipinski definition) is 3. The number of aromatic hydroxyl groups is 1. The van der Waals surface area contributed by atoms with Crippen LogP contribution in [0.15, 0.2) is 6.20 Å². The first-order chi connectivity index (χ1) is 5.54. The van der Waals surface area contributed by atoms with Crippen molar-refractivity contribution in [3.05, 3.63) is 22.3 Å². The number of pyridine rings is 1. The molecule has 0 aromatic carbocycles. The molecule has 0 aliphatic heterocycles. The van der Waals surface area contributed by atoms with Gasteiger partial charge in [0.15, 0.2) is 0 Å². The molecule has 0 spiro atoms. The van der Waals surface area contributed by atoms with Crippen molar-refractivity contribution >= 4 is 17.6 Å². The summed E-state index contributed by atoms with van der Waals surface area (Å²) in [5.41, 5.74) is 0.0687. The predicted octanol–water partition coefficient (Wildman–Crippen LogP) is 1.45. The quantitative estimate of drug-likeness (QED) is 0.698. The van der Waals surface area contributed by atoms with Gasteiger partial charge in [-0.2, -0.15) is 0 Å². The van der Waals surface area contributed by atoms with Crippen LogP contribution in [0.2, 0.25) is 5.02 Å². The molecule has 0 saturated carbocycles. The molecule has 5 heteroatoms. The molecule has 0 radical (unpaired) electrons. The van der Waals surface area contributed by atoms with Crippen molar-refractivity contribution in [2.24, 2.45) is 0 Å². The molecule has 1 heterocycles. The molecule has 0 unspecified atom stereocenters. The summed E-state index contributed by atoms with van der Waals surface area (Å²) in [7, 11) is 0. The molecule has 64 valence electrons. The molecule has 0 aliphatic carbocycles. The van der Waals surface area contributed by atoms with Crippen molar-refractivity contribution in [3.8, 4) is 5.88 Å². The van der Waals surface area contributed by atoms with E-state index in [0.29, 0.717) is 5.56 Å². The van der Waals surface area contributed by atoms with Gasteiger partial charge in [-0.15, -0.1) is 0 Å². The summed E-state index contributed by atoms with van der Waals surface area (Å²) in [5, 5.41) is 17.9. The third kappa shape index (κ3) is 1.33. The van der Waals surface area contributed by atoms with Gasteiger partial charge < -0.3 is 10.2 Å². The first kappa shape index (κ1) is 8.80. The van der Waals surface area contributed by atoms with Gasteiger partial charge in [0.25, 0.3) is 0 Å². The maximum Gasteiger partial charge on any atom is 0.341 e. The van der Waals surface area contributed by atoms with Crippen LogP contribution in [-0.2, 0) is 0 Å². The Balaban J connectivity index is 3.43. The van der Waals surface area contributed by atoms with Crippen LogP contribution in [0.4, 0.5) is 0 Å². The Kier molecular flexibility index (Phi) is 2.19. The average Bonchev–Trinajstić information content (AvgIpc) is 1.97. The van der Waals surface area contributed by atoms with Crippen molar-refractivity contribution in [1.82, 2.24) is 4.98 Å². The SMILES string of the molecule is Cc1c(Cl)cnc(O)c1C(=O)O. The number of carboxylic acids is 1. The topological polar surface area (TPSA) is 70.4 Å². The van der Waals surface area contributed by atoms with Gasteiger partial charge in [-0.25, -0.2) is 9.78 Å². The van der Waals surface area contributed by atoms with Crippen LogP contribution in [0.3, 0.4) is 0 Å². The van der Waals surface area contributed by atoms with Crippen molar-refractivity contribution in [2.45, 2.75) is 6.92 Å². The van der Waals surface area contributed by atoms with Crippen molar-refractivity contribution in [3.63, 3.8) is 0 Å². The highest BCUT2D eigenvalue weighted by atomic mass is 35.5. The maximum absolute atomic E-state index is 10.5. The van der Waals surface area contributed by atoms with Crippen molar-refractivity contribution < 1.29 is 15.0 Å². The minimum Gasteiger partial charge on any atom is -0.493 e. The lowest BCUT2D eigenvalue weighted by atomic mass is 10.1. The van der Waals surface area contributed by atoms with Crippen molar-refractivity contribution in [1.29, 1.82) is 0 Å². The zero-order valence-corrected chi connectivity index (χ0v) is 6.96. The second kappa shape index (κ2) is 2.98. The van der Waals surface area contributed by atoms with E-state index in [1.807, 2.05) is 0 Å². The first-order valence-corrected chi connectivity index (χ1v) is 3.49. The fourth-order valence-electron chi connectivity index (χ4n) is 0.822. The van der Waals surface area contributed by atoms with E-state index in [9.17, 15) is 4.79 Å². The summed E-state index contributed by atoms with van der Waals surface area (Å²) in [6.45, 7) is 1.51. The highest BCUT2D eigenvalue weighted by Crippen LogP contribution is 2.24. The molecule has 1 aromatic rings. The van der Waals surface area contributed by atoms with E-state index in [0.717, 1.165) is 0 Å². The lowest BCUT2D eigenvalue weighted by molar-refractivity contribution is 0.0692. The molecule has 0 atom stereocenters. The Labute approximate surface area is 73.4 Å². The third-order valence-corrected chi connectivity index (χ3v) is 1.85. The van der Waals surface area contributed by atoms with Gasteiger partial charge in [0.05, 0.1) is 5.02 Å². The first-order valence-electron chi connectivity index (χ1n) is 3.11. The molecule has 0 aliphatic rings. The number of aromatic nitrogens is 1. The average molecular weight is 188 g/mol. The van der Waals surface area contributed by atoms with Crippen LogP contribution in [-0.4, -0.2) is 21.2 Å². The molecule has 12 heavy (non-hydrogen) atoms. The Morgan fingerprint density at radius 2 is 2.25 bits per heavy atom. The maximum atomic E-state index is 10.5. The Hall–Kier alpha value is -1.29. The zero-order chi connectivity index (χ0) is 9.30. The van der Waals surface area contributed by atoms with E-state index >= 15 is 0 Å². The summed E-state index contributed by atoms with van der Waals surface area (Å²) in [5.74, 6) is -1.75. The Morgan fingerprint density at radius 1 is 1.67 bits per heavy atom. The molecule has 0 saturated heterocycles. The number of rotatable bonds is 1. The summed E-state index contributed by atoms with van der Waals surface area (Å²) >= 11 is 5.59. The molecule has 1 aromatic heterocycles. The van der Waals surface area contributed by atoms with Crippen LogP contribution >= 0.6 is 11.6 Å². The summed E-state index contributed by atoms with van der Waals surface area (Å²) in [6.07, 6.45) is 1.21. The minimum atomic E-state index is -1.24. The molecule has 4 nitrogen and oxygen atoms in total. The molecule has 0 fully saturated rings. The van der Waals surface area contributed by atoms with Crippen LogP contribution < -0.4 is 0 Å². The zero-order valence-electron chi connectivity index (χ0n) is 6.21. The lowest BCUT2D eigenvalue weighted by Gasteiger charge is -2.03. The lowest BCUT2D eigenvalue weighted by Crippen LogP contribution is -2.01. The van der Waals surface area contributed by atoms with Gasteiger partial charge in [0.1, 0.15) is 5.56 Å². The van der Waals surface area contributed by atoms with Gasteiger partial charge in [-0.1, -0.05) is 11.6 Å². The highest BCUT2D eigenvalue weighted by molar-refractivity contribution is 6.31. The normalized spacial score (nSPS) is 9.83. The van der Waals surface area contributed by atoms with Crippen LogP contribution in [0, 0.1) is 6.92 Å². The van der Waals surface area contributed by atoms with Crippen LogP contribution in [0.25, 0.3) is 0 Å². The van der Waals surface area contributed by atoms with Crippen LogP contribution in [0.5, 0.6) is 5.88 Å². The second-order valence-electron chi connectivity index (χ2n) is 2.23. The predicted molar refractivity (Wildman–Crippen MR) is 42.6 cm³/mol. The van der Waals surface area contributed by atoms with E-state index in [2.05, 4.69) is 4.98 Å². The number of aromatic carboxylic acids is 1. The minimum absolute atomic E-state index is 0.227. The molecular weight excluding hydrogens is 182 g/mol. The smallest absolute Gasteiger partial charge is 0.341 e. The van der Waals surface area contributed by atoms with E-state index in [1.165, 1.54) is 13.1 Å². The van der Waals surface area contributed by atoms with E-state index in [4.69, 9.17) is 21.8 Å². The standard InChI is InChI=1S/C7H6ClNO3/c1-3-4(8)2-9-6(10)5(3)7(11)12/h2H,1H3,(H,9,10)(H,11,12). The van der Waals surface area contributed by atoms with Crippen molar-refractivity contribution in [2.75, 3.05) is 0 Å². The van der Waals surface area contributed by atoms with Gasteiger partial charge in [-0.3, -0.25) is 0 Å². The fourth-order valence-corrected chi connectivity index (χ4v) is 0.966. The molecule has 0 amide bonds.